The first-order valence-electron chi connectivity index (χ1n) is 6.73. The highest BCUT2D eigenvalue weighted by Gasteiger charge is 2.18. The predicted molar refractivity (Wildman–Crippen MR) is 85.1 cm³/mol. The fourth-order valence-corrected chi connectivity index (χ4v) is 1.86. The molecule has 0 aliphatic carbocycles. The number of aldehydes is 1. The summed E-state index contributed by atoms with van der Waals surface area (Å²) in [6.07, 6.45) is 0.0325. The molecule has 0 aromatic heterocycles. The van der Waals surface area contributed by atoms with Crippen LogP contribution in [0.1, 0.15) is 26.3 Å². The SMILES string of the molecule is CC(C)(C)OC(=O)N[C@H](C=O)NCCc1ccc(Br)cc1. The van der Waals surface area contributed by atoms with Crippen molar-refractivity contribution in [3.05, 3.63) is 34.3 Å². The Kier molecular flexibility index (Phi) is 6.84. The Morgan fingerprint density at radius 1 is 1.33 bits per heavy atom. The maximum Gasteiger partial charge on any atom is 0.409 e. The first-order valence-corrected chi connectivity index (χ1v) is 7.52. The average molecular weight is 357 g/mol. The van der Waals surface area contributed by atoms with Gasteiger partial charge in [-0.15, -0.1) is 0 Å². The Labute approximate surface area is 133 Å². The first kappa shape index (κ1) is 17.7. The summed E-state index contributed by atoms with van der Waals surface area (Å²) in [4.78, 5) is 22.5. The Balaban J connectivity index is 2.35. The molecule has 21 heavy (non-hydrogen) atoms. The van der Waals surface area contributed by atoms with Gasteiger partial charge in [-0.1, -0.05) is 28.1 Å². The monoisotopic (exact) mass is 356 g/mol. The molecule has 2 N–H and O–H groups in total. The Morgan fingerprint density at radius 3 is 2.48 bits per heavy atom. The fourth-order valence-electron chi connectivity index (χ4n) is 1.59. The van der Waals surface area contributed by atoms with E-state index in [1.54, 1.807) is 20.8 Å². The molecule has 0 aliphatic rings. The van der Waals surface area contributed by atoms with E-state index in [-0.39, 0.29) is 0 Å². The van der Waals surface area contributed by atoms with Crippen LogP contribution in [0.25, 0.3) is 0 Å². The van der Waals surface area contributed by atoms with Gasteiger partial charge in [-0.3, -0.25) is 15.4 Å². The van der Waals surface area contributed by atoms with Crippen LogP contribution in [0, 0.1) is 0 Å². The van der Waals surface area contributed by atoms with Crippen molar-refractivity contribution < 1.29 is 14.3 Å². The quantitative estimate of drug-likeness (QED) is 0.607. The number of carbonyl (C=O) groups excluding carboxylic acids is 2. The van der Waals surface area contributed by atoms with Crippen molar-refractivity contribution in [3.8, 4) is 0 Å². The van der Waals surface area contributed by atoms with Crippen molar-refractivity contribution in [2.75, 3.05) is 6.54 Å². The van der Waals surface area contributed by atoms with Crippen molar-refractivity contribution in [3.63, 3.8) is 0 Å². The van der Waals surface area contributed by atoms with Crippen LogP contribution in [0.4, 0.5) is 4.79 Å². The highest BCUT2D eigenvalue weighted by Crippen LogP contribution is 2.10. The minimum absolute atomic E-state index is 0.570. The molecule has 0 unspecified atom stereocenters. The van der Waals surface area contributed by atoms with Gasteiger partial charge in [0.2, 0.25) is 0 Å². The molecular weight excluding hydrogens is 336 g/mol. The number of nitrogens with one attached hydrogen (secondary N) is 2. The third-order valence-electron chi connectivity index (χ3n) is 2.50. The largest absolute Gasteiger partial charge is 0.444 e. The lowest BCUT2D eigenvalue weighted by molar-refractivity contribution is -0.110. The van der Waals surface area contributed by atoms with Crippen molar-refractivity contribution >= 4 is 28.3 Å². The zero-order chi connectivity index (χ0) is 15.9. The molecule has 0 aliphatic heterocycles. The van der Waals surface area contributed by atoms with E-state index in [2.05, 4.69) is 26.6 Å². The molecule has 1 atom stereocenters. The summed E-state index contributed by atoms with van der Waals surface area (Å²) in [5.41, 5.74) is 0.558. The second-order valence-corrected chi connectivity index (χ2v) is 6.51. The zero-order valence-corrected chi connectivity index (χ0v) is 14.1. The minimum atomic E-state index is -0.754. The number of rotatable bonds is 6. The van der Waals surface area contributed by atoms with Crippen LogP contribution in [-0.4, -0.2) is 30.7 Å². The van der Waals surface area contributed by atoms with E-state index in [4.69, 9.17) is 4.74 Å². The first-order chi connectivity index (χ1) is 9.80. The average Bonchev–Trinajstić information content (AvgIpc) is 2.37. The van der Waals surface area contributed by atoms with Gasteiger partial charge in [0, 0.05) is 11.0 Å². The molecule has 1 amide bonds. The van der Waals surface area contributed by atoms with E-state index in [0.717, 1.165) is 16.5 Å². The molecular formula is C15H21BrN2O3. The molecule has 0 saturated heterocycles. The fraction of sp³-hybridized carbons (Fsp3) is 0.467. The van der Waals surface area contributed by atoms with E-state index in [0.29, 0.717) is 12.8 Å². The second-order valence-electron chi connectivity index (χ2n) is 5.59. The van der Waals surface area contributed by atoms with Gasteiger partial charge in [-0.05, 0) is 44.9 Å². The number of halogens is 1. The van der Waals surface area contributed by atoms with Crippen molar-refractivity contribution in [1.82, 2.24) is 10.6 Å². The minimum Gasteiger partial charge on any atom is -0.444 e. The lowest BCUT2D eigenvalue weighted by Crippen LogP contribution is -2.48. The molecule has 1 aromatic rings. The molecule has 0 fully saturated rings. The summed E-state index contributed by atoms with van der Waals surface area (Å²) in [5, 5.41) is 5.43. The Morgan fingerprint density at radius 2 is 1.95 bits per heavy atom. The van der Waals surface area contributed by atoms with Gasteiger partial charge in [0.15, 0.2) is 6.29 Å². The van der Waals surface area contributed by atoms with E-state index >= 15 is 0 Å². The van der Waals surface area contributed by atoms with Gasteiger partial charge in [0.05, 0.1) is 0 Å². The molecule has 1 rings (SSSR count). The summed E-state index contributed by atoms with van der Waals surface area (Å²) in [7, 11) is 0. The normalized spacial score (nSPS) is 12.6. The second kappa shape index (κ2) is 8.14. The molecule has 0 radical (unpaired) electrons. The van der Waals surface area contributed by atoms with Crippen molar-refractivity contribution in [2.24, 2.45) is 0 Å². The van der Waals surface area contributed by atoms with Gasteiger partial charge in [-0.25, -0.2) is 4.79 Å². The molecule has 0 bridgehead atoms. The molecule has 0 spiro atoms. The number of benzene rings is 1. The van der Waals surface area contributed by atoms with Crippen LogP contribution in [-0.2, 0) is 16.0 Å². The number of carbonyl (C=O) groups is 2. The van der Waals surface area contributed by atoms with Crippen LogP contribution in [0.2, 0.25) is 0 Å². The van der Waals surface area contributed by atoms with E-state index in [1.165, 1.54) is 0 Å². The Bertz CT molecular complexity index is 469. The third-order valence-corrected chi connectivity index (χ3v) is 3.03. The van der Waals surface area contributed by atoms with E-state index in [9.17, 15) is 9.59 Å². The zero-order valence-electron chi connectivity index (χ0n) is 12.5. The summed E-state index contributed by atoms with van der Waals surface area (Å²) in [6, 6.07) is 7.93. The van der Waals surface area contributed by atoms with Gasteiger partial charge in [0.1, 0.15) is 11.8 Å². The standard InChI is InChI=1S/C15H21BrN2O3/c1-15(2,3)21-14(20)18-13(10-19)17-9-8-11-4-6-12(16)7-5-11/h4-7,10,13,17H,8-9H2,1-3H3,(H,18,20)/t13-/m1/s1. The summed E-state index contributed by atoms with van der Waals surface area (Å²) in [6.45, 7) is 5.87. The van der Waals surface area contributed by atoms with Crippen LogP contribution in [0.15, 0.2) is 28.7 Å². The smallest absolute Gasteiger partial charge is 0.409 e. The summed E-state index contributed by atoms with van der Waals surface area (Å²) in [5.74, 6) is 0. The molecule has 5 nitrogen and oxygen atoms in total. The van der Waals surface area contributed by atoms with Gasteiger partial charge >= 0.3 is 6.09 Å². The number of alkyl carbamates (subject to hydrolysis) is 1. The van der Waals surface area contributed by atoms with Crippen LogP contribution in [0.3, 0.4) is 0 Å². The number of hydrogen-bond donors (Lipinski definition) is 2. The molecule has 1 aromatic carbocycles. The molecule has 6 heteroatoms. The number of hydrogen-bond acceptors (Lipinski definition) is 4. The molecule has 0 heterocycles. The topological polar surface area (TPSA) is 67.4 Å². The Hall–Kier alpha value is -1.40. The van der Waals surface area contributed by atoms with Gasteiger partial charge in [0.25, 0.3) is 0 Å². The van der Waals surface area contributed by atoms with Crippen LogP contribution in [0.5, 0.6) is 0 Å². The van der Waals surface area contributed by atoms with Crippen LogP contribution < -0.4 is 10.6 Å². The predicted octanol–water partition coefficient (Wildman–Crippen LogP) is 2.63. The van der Waals surface area contributed by atoms with Crippen molar-refractivity contribution in [2.45, 2.75) is 39.0 Å². The van der Waals surface area contributed by atoms with Crippen molar-refractivity contribution in [1.29, 1.82) is 0 Å². The highest BCUT2D eigenvalue weighted by atomic mass is 79.9. The lowest BCUT2D eigenvalue weighted by Gasteiger charge is -2.21. The lowest BCUT2D eigenvalue weighted by atomic mass is 10.1. The summed E-state index contributed by atoms with van der Waals surface area (Å²) >= 11 is 3.38. The number of amides is 1. The number of ether oxygens (including phenoxy) is 1. The highest BCUT2D eigenvalue weighted by molar-refractivity contribution is 9.10. The summed E-state index contributed by atoms with van der Waals surface area (Å²) < 4.78 is 6.12. The van der Waals surface area contributed by atoms with E-state index in [1.807, 2.05) is 24.3 Å². The third kappa shape index (κ3) is 7.82. The van der Waals surface area contributed by atoms with Gasteiger partial charge in [-0.2, -0.15) is 0 Å². The van der Waals surface area contributed by atoms with E-state index < -0.39 is 17.9 Å². The molecule has 116 valence electrons. The maximum atomic E-state index is 11.6. The van der Waals surface area contributed by atoms with Crippen LogP contribution >= 0.6 is 15.9 Å². The molecule has 0 saturated carbocycles. The van der Waals surface area contributed by atoms with Gasteiger partial charge < -0.3 is 4.74 Å². The maximum absolute atomic E-state index is 11.6.